The Morgan fingerprint density at radius 1 is 0.574 bits per heavy atom. The normalized spacial score (nSPS) is 11.8. The van der Waals surface area contributed by atoms with Crippen LogP contribution in [0.5, 0.6) is 11.5 Å². The predicted octanol–water partition coefficient (Wildman–Crippen LogP) is 4.97. The molecule has 15 nitrogen and oxygen atoms in total. The Labute approximate surface area is 309 Å². The van der Waals surface area contributed by atoms with Crippen LogP contribution in [0.4, 0.5) is 0 Å². The summed E-state index contributed by atoms with van der Waals surface area (Å²) in [6.07, 6.45) is 0.0211. The van der Waals surface area contributed by atoms with Crippen molar-refractivity contribution >= 4 is 67.5 Å². The average Bonchev–Trinajstić information content (AvgIpc) is 3.21. The molecule has 278 valence electrons. The quantitative estimate of drug-likeness (QED) is 0.0882. The minimum absolute atomic E-state index is 0.0532. The maximum Gasteiger partial charge on any atom is 0.356 e. The lowest BCUT2D eigenvalue weighted by atomic mass is 10.1. The number of carbonyl (C=O) groups excluding carboxylic acids is 4. The van der Waals surface area contributed by atoms with Crippen molar-refractivity contribution in [2.24, 2.45) is 0 Å². The van der Waals surface area contributed by atoms with Gasteiger partial charge in [-0.25, -0.2) is 29.5 Å². The van der Waals surface area contributed by atoms with Crippen LogP contribution in [0.1, 0.15) is 45.2 Å². The first-order valence-electron chi connectivity index (χ1n) is 16.7. The predicted molar refractivity (Wildman–Crippen MR) is 196 cm³/mol. The highest BCUT2D eigenvalue weighted by atomic mass is 16.5. The molecule has 0 aliphatic rings. The van der Waals surface area contributed by atoms with E-state index in [9.17, 15) is 19.2 Å². The fourth-order valence-corrected chi connectivity index (χ4v) is 6.33. The molecule has 6 rings (SSSR count). The highest BCUT2D eigenvalue weighted by Gasteiger charge is 2.29. The van der Waals surface area contributed by atoms with E-state index in [1.165, 1.54) is 54.8 Å². The molecular weight excluding hydrogens is 698 g/mol. The number of hydrogen-bond acceptors (Lipinski definition) is 15. The van der Waals surface area contributed by atoms with E-state index in [1.54, 1.807) is 0 Å². The van der Waals surface area contributed by atoms with Gasteiger partial charge in [0.1, 0.15) is 28.6 Å². The summed E-state index contributed by atoms with van der Waals surface area (Å²) >= 11 is 0. The summed E-state index contributed by atoms with van der Waals surface area (Å²) in [4.78, 5) is 71.6. The zero-order chi connectivity index (χ0) is 38.5. The van der Waals surface area contributed by atoms with Crippen LogP contribution in [0.2, 0.25) is 0 Å². The summed E-state index contributed by atoms with van der Waals surface area (Å²) < 4.78 is 31.1. The summed E-state index contributed by atoms with van der Waals surface area (Å²) in [7, 11) is 8.10. The van der Waals surface area contributed by atoms with Gasteiger partial charge < -0.3 is 28.4 Å². The number of fused-ring (bicyclic) bond motifs is 6. The second-order valence-corrected chi connectivity index (χ2v) is 12.1. The van der Waals surface area contributed by atoms with Crippen LogP contribution < -0.4 is 9.47 Å². The Balaban J connectivity index is 1.48. The first kappa shape index (κ1) is 37.3. The molecule has 0 radical (unpaired) electrons. The second-order valence-electron chi connectivity index (χ2n) is 12.1. The number of methoxy groups -OCH3 is 6. The van der Waals surface area contributed by atoms with E-state index in [0.717, 1.165) is 10.8 Å². The van der Waals surface area contributed by atoms with Gasteiger partial charge in [-0.05, 0) is 30.7 Å². The minimum atomic E-state index is -0.919. The van der Waals surface area contributed by atoms with Crippen molar-refractivity contribution in [1.29, 1.82) is 0 Å². The van der Waals surface area contributed by atoms with Crippen LogP contribution >= 0.6 is 0 Å². The van der Waals surface area contributed by atoms with E-state index in [1.807, 2.05) is 53.4 Å². The minimum Gasteiger partial charge on any atom is -0.496 e. The Morgan fingerprint density at radius 2 is 1.04 bits per heavy atom. The van der Waals surface area contributed by atoms with Crippen LogP contribution in [0, 0.1) is 0 Å². The molecule has 0 fully saturated rings. The van der Waals surface area contributed by atoms with Crippen LogP contribution in [0.3, 0.4) is 0 Å². The number of carbonyl (C=O) groups is 4. The van der Waals surface area contributed by atoms with Gasteiger partial charge in [0.15, 0.2) is 11.4 Å². The number of ether oxygens (including phenoxy) is 6. The van der Waals surface area contributed by atoms with Crippen molar-refractivity contribution in [1.82, 2.24) is 24.8 Å². The van der Waals surface area contributed by atoms with Gasteiger partial charge in [0.2, 0.25) is 0 Å². The highest BCUT2D eigenvalue weighted by Crippen LogP contribution is 2.33. The van der Waals surface area contributed by atoms with E-state index in [2.05, 4.69) is 9.97 Å². The van der Waals surface area contributed by atoms with Gasteiger partial charge >= 0.3 is 23.9 Å². The van der Waals surface area contributed by atoms with Crippen LogP contribution in [-0.2, 0) is 41.6 Å². The Hall–Kier alpha value is -6.48. The number of esters is 4. The number of aromatic nitrogens is 4. The summed E-state index contributed by atoms with van der Waals surface area (Å²) in [6, 6.07) is 16.9. The molecule has 15 heteroatoms. The number of benzene rings is 2. The first-order chi connectivity index (χ1) is 26.1. The van der Waals surface area contributed by atoms with Gasteiger partial charge in [-0.2, -0.15) is 0 Å². The van der Waals surface area contributed by atoms with E-state index in [4.69, 9.17) is 38.4 Å². The molecular formula is C39H37N5O10. The molecule has 54 heavy (non-hydrogen) atoms. The molecule has 0 bridgehead atoms. The van der Waals surface area contributed by atoms with Crippen molar-refractivity contribution in [2.45, 2.75) is 32.0 Å². The molecule has 0 amide bonds. The first-order valence-corrected chi connectivity index (χ1v) is 16.7. The zero-order valence-corrected chi connectivity index (χ0v) is 30.5. The van der Waals surface area contributed by atoms with Crippen molar-refractivity contribution in [3.63, 3.8) is 0 Å². The van der Waals surface area contributed by atoms with Gasteiger partial charge in [0.25, 0.3) is 0 Å². The van der Waals surface area contributed by atoms with E-state index in [0.29, 0.717) is 55.7 Å². The lowest BCUT2D eigenvalue weighted by molar-refractivity contribution is -0.149. The monoisotopic (exact) mass is 735 g/mol. The molecule has 0 N–H and O–H groups in total. The molecule has 4 aromatic heterocycles. The molecule has 6 aromatic rings. The molecule has 1 unspecified atom stereocenters. The second kappa shape index (κ2) is 16.0. The lowest BCUT2D eigenvalue weighted by Crippen LogP contribution is -2.41. The average molecular weight is 736 g/mol. The smallest absolute Gasteiger partial charge is 0.356 e. The fourth-order valence-electron chi connectivity index (χ4n) is 6.33. The van der Waals surface area contributed by atoms with E-state index >= 15 is 0 Å². The largest absolute Gasteiger partial charge is 0.496 e. The Kier molecular flexibility index (Phi) is 11.1. The van der Waals surface area contributed by atoms with Crippen LogP contribution in [0.25, 0.3) is 43.6 Å². The molecule has 0 spiro atoms. The maximum atomic E-state index is 13.4. The number of pyridine rings is 4. The molecule has 0 saturated carbocycles. The van der Waals surface area contributed by atoms with Crippen molar-refractivity contribution in [2.75, 3.05) is 42.7 Å². The van der Waals surface area contributed by atoms with Crippen molar-refractivity contribution in [3.8, 4) is 11.5 Å². The summed E-state index contributed by atoms with van der Waals surface area (Å²) in [6.45, 7) is 0.212. The molecule has 1 atom stereocenters. The zero-order valence-electron chi connectivity index (χ0n) is 30.5. The molecule has 0 saturated heterocycles. The van der Waals surface area contributed by atoms with Crippen LogP contribution in [-0.4, -0.2) is 97.4 Å². The van der Waals surface area contributed by atoms with Crippen molar-refractivity contribution in [3.05, 3.63) is 83.4 Å². The van der Waals surface area contributed by atoms with Crippen molar-refractivity contribution < 1.29 is 47.6 Å². The lowest BCUT2D eigenvalue weighted by Gasteiger charge is -2.29. The van der Waals surface area contributed by atoms with Gasteiger partial charge in [0, 0.05) is 53.2 Å². The third-order valence-electron chi connectivity index (χ3n) is 9.04. The third kappa shape index (κ3) is 7.39. The molecule has 0 aliphatic carbocycles. The third-order valence-corrected chi connectivity index (χ3v) is 9.04. The van der Waals surface area contributed by atoms with Crippen LogP contribution in [0.15, 0.2) is 60.7 Å². The molecule has 0 aliphatic heterocycles. The van der Waals surface area contributed by atoms with E-state index in [-0.39, 0.29) is 37.3 Å². The summed E-state index contributed by atoms with van der Waals surface area (Å²) in [5.41, 5.74) is 3.04. The maximum absolute atomic E-state index is 13.4. The highest BCUT2D eigenvalue weighted by molar-refractivity contribution is 6.08. The topological polar surface area (TPSA) is 178 Å². The summed E-state index contributed by atoms with van der Waals surface area (Å²) in [5.74, 6) is -1.48. The Bertz CT molecular complexity index is 2290. The number of rotatable bonds is 13. The Morgan fingerprint density at radius 3 is 1.44 bits per heavy atom. The molecule has 4 heterocycles. The number of nitrogens with zero attached hydrogens (tertiary/aromatic N) is 5. The SMILES string of the molecule is COC(=O)CCC(C(=O)OC)N(Cc1ccc2ccc3c(OC)cc(C(=O)OC)nc3c2n1)Cc1ccc2ccc3c(OC)cc(C(=O)OC)nc3c2n1. The van der Waals surface area contributed by atoms with Gasteiger partial charge in [0.05, 0.1) is 65.1 Å². The molecule has 2 aromatic carbocycles. The van der Waals surface area contributed by atoms with E-state index < -0.39 is 29.9 Å². The standard InChI is InChI=1S/C39H37N5O10/c1-49-30-17-27(37(46)52-4)42-35-25(30)13-9-21-7-11-23(40-33(21)35)19-44(29(39(48)54-6)15-16-32(45)51-3)20-24-12-8-22-10-14-26-31(50-2)18-28(38(47)53-5)43-36(26)34(22)41-24/h7-14,17-18,29H,15-16,19-20H2,1-6H3. The number of hydrogen-bond donors (Lipinski definition) is 0. The van der Waals surface area contributed by atoms with Gasteiger partial charge in [-0.1, -0.05) is 24.3 Å². The van der Waals surface area contributed by atoms with Gasteiger partial charge in [-0.15, -0.1) is 0 Å². The fraction of sp³-hybridized carbons (Fsp3) is 0.282. The van der Waals surface area contributed by atoms with Gasteiger partial charge in [-0.3, -0.25) is 14.5 Å². The summed E-state index contributed by atoms with van der Waals surface area (Å²) in [5, 5.41) is 2.78.